The molecule has 4 rings (SSSR count). The van der Waals surface area contributed by atoms with Gasteiger partial charge in [0.1, 0.15) is 23.7 Å². The van der Waals surface area contributed by atoms with Crippen LogP contribution in [0.1, 0.15) is 11.1 Å². The van der Waals surface area contributed by atoms with Crippen molar-refractivity contribution < 1.29 is 24.2 Å². The van der Waals surface area contributed by atoms with Crippen LogP contribution in [0.25, 0.3) is 6.08 Å². The largest absolute Gasteiger partial charge is 0.508 e. The Kier molecular flexibility index (Phi) is 7.51. The Balaban J connectivity index is 1.71. The molecule has 0 spiro atoms. The molecule has 7 nitrogen and oxygen atoms in total. The number of halogens is 4. The molecule has 0 saturated carbocycles. The van der Waals surface area contributed by atoms with Crippen molar-refractivity contribution in [1.29, 1.82) is 0 Å². The normalized spacial score (nSPS) is 14.9. The summed E-state index contributed by atoms with van der Waals surface area (Å²) in [6, 6.07) is 13.0. The summed E-state index contributed by atoms with van der Waals surface area (Å²) in [7, 11) is 0. The number of aromatic hydroxyl groups is 1. The number of barbiturate groups is 1. The number of phenols is 1. The summed E-state index contributed by atoms with van der Waals surface area (Å²) in [5.74, 6) is -1.36. The fourth-order valence-corrected chi connectivity index (χ4v) is 5.11. The summed E-state index contributed by atoms with van der Waals surface area (Å²) in [4.78, 5) is 39.0. The number of carbonyl (C=O) groups excluding carboxylic acids is 3. The van der Waals surface area contributed by atoms with Gasteiger partial charge in [0.25, 0.3) is 11.8 Å². The summed E-state index contributed by atoms with van der Waals surface area (Å²) in [6.07, 6.45) is 1.34. The lowest BCUT2D eigenvalue weighted by molar-refractivity contribution is -0.122. The van der Waals surface area contributed by atoms with E-state index in [0.29, 0.717) is 35.9 Å². The quantitative estimate of drug-likeness (QED) is 0.246. The highest BCUT2D eigenvalue weighted by molar-refractivity contribution is 9.11. The predicted molar refractivity (Wildman–Crippen MR) is 140 cm³/mol. The van der Waals surface area contributed by atoms with E-state index in [0.717, 1.165) is 4.90 Å². The van der Waals surface area contributed by atoms with Crippen molar-refractivity contribution in [3.8, 4) is 11.5 Å². The fourth-order valence-electron chi connectivity index (χ4n) is 3.28. The SMILES string of the molecule is O=C1NC(=O)N(c2ccc(O)cc2)C(=O)/C1=C/c1cc(Br)cc(Br)c1OCc1ccc(Cl)cc1Cl. The lowest BCUT2D eigenvalue weighted by Crippen LogP contribution is -2.54. The highest BCUT2D eigenvalue weighted by Crippen LogP contribution is 2.36. The monoisotopic (exact) mass is 638 g/mol. The summed E-state index contributed by atoms with van der Waals surface area (Å²) in [6.45, 7) is 0.0880. The van der Waals surface area contributed by atoms with Gasteiger partial charge in [0.05, 0.1) is 10.2 Å². The smallest absolute Gasteiger partial charge is 0.335 e. The first-order valence-corrected chi connectivity index (χ1v) is 12.2. The van der Waals surface area contributed by atoms with Crippen molar-refractivity contribution in [2.45, 2.75) is 6.61 Å². The van der Waals surface area contributed by atoms with Crippen molar-refractivity contribution in [3.63, 3.8) is 0 Å². The number of hydrogen-bond acceptors (Lipinski definition) is 5. The van der Waals surface area contributed by atoms with E-state index >= 15 is 0 Å². The van der Waals surface area contributed by atoms with E-state index < -0.39 is 17.8 Å². The van der Waals surface area contributed by atoms with Crippen LogP contribution < -0.4 is 15.0 Å². The molecule has 1 fully saturated rings. The number of nitrogens with one attached hydrogen (secondary N) is 1. The molecule has 2 N–H and O–H groups in total. The number of imide groups is 2. The van der Waals surface area contributed by atoms with Gasteiger partial charge in [-0.15, -0.1) is 0 Å². The van der Waals surface area contributed by atoms with E-state index in [9.17, 15) is 19.5 Å². The third kappa shape index (κ3) is 5.54. The molecule has 3 aromatic carbocycles. The van der Waals surface area contributed by atoms with Gasteiger partial charge in [0.15, 0.2) is 0 Å². The van der Waals surface area contributed by atoms with Gasteiger partial charge in [-0.05, 0) is 70.5 Å². The van der Waals surface area contributed by atoms with Gasteiger partial charge < -0.3 is 9.84 Å². The number of phenolic OH excluding ortho intramolecular Hbond substituents is 1. The zero-order valence-corrected chi connectivity index (χ0v) is 22.2. The molecule has 35 heavy (non-hydrogen) atoms. The van der Waals surface area contributed by atoms with Crippen LogP contribution in [0.15, 0.2) is 69.1 Å². The first-order chi connectivity index (χ1) is 16.6. The molecule has 3 aromatic rings. The van der Waals surface area contributed by atoms with E-state index in [1.165, 1.54) is 30.3 Å². The number of benzene rings is 3. The van der Waals surface area contributed by atoms with Gasteiger partial charge in [-0.25, -0.2) is 9.69 Å². The molecule has 0 aromatic heterocycles. The second kappa shape index (κ2) is 10.4. The van der Waals surface area contributed by atoms with Gasteiger partial charge >= 0.3 is 6.03 Å². The molecule has 0 unspecified atom stereocenters. The number of nitrogens with zero attached hydrogens (tertiary/aromatic N) is 1. The van der Waals surface area contributed by atoms with Crippen molar-refractivity contribution >= 4 is 84.7 Å². The van der Waals surface area contributed by atoms with Crippen LogP contribution in [0.4, 0.5) is 10.5 Å². The van der Waals surface area contributed by atoms with E-state index in [1.807, 2.05) is 0 Å². The number of carbonyl (C=O) groups is 3. The van der Waals surface area contributed by atoms with E-state index in [1.54, 1.807) is 30.3 Å². The molecule has 1 saturated heterocycles. The number of amides is 4. The predicted octanol–water partition coefficient (Wildman–Crippen LogP) is 6.47. The summed E-state index contributed by atoms with van der Waals surface area (Å²) in [5, 5.41) is 12.6. The maximum absolute atomic E-state index is 13.2. The second-order valence-electron chi connectivity index (χ2n) is 7.30. The molecule has 1 aliphatic rings. The van der Waals surface area contributed by atoms with Crippen LogP contribution in [0.5, 0.6) is 11.5 Å². The second-order valence-corrected chi connectivity index (χ2v) is 9.92. The molecular weight excluding hydrogens is 627 g/mol. The minimum atomic E-state index is -0.896. The highest BCUT2D eigenvalue weighted by Gasteiger charge is 2.37. The number of urea groups is 1. The Morgan fingerprint density at radius 3 is 2.40 bits per heavy atom. The number of anilines is 1. The molecule has 11 heteroatoms. The molecule has 0 atom stereocenters. The maximum Gasteiger partial charge on any atom is 0.335 e. The minimum Gasteiger partial charge on any atom is -0.508 e. The molecule has 178 valence electrons. The van der Waals surface area contributed by atoms with E-state index in [4.69, 9.17) is 27.9 Å². The Bertz CT molecular complexity index is 1390. The van der Waals surface area contributed by atoms with Crippen LogP contribution in [0.3, 0.4) is 0 Å². The molecule has 0 aliphatic carbocycles. The molecule has 4 amide bonds. The fraction of sp³-hybridized carbons (Fsp3) is 0.0417. The Labute approximate surface area is 226 Å². The van der Waals surface area contributed by atoms with Crippen molar-refractivity contribution in [1.82, 2.24) is 5.32 Å². The topological polar surface area (TPSA) is 95.9 Å². The minimum absolute atomic E-state index is 0.0352. The van der Waals surface area contributed by atoms with Crippen molar-refractivity contribution in [3.05, 3.63) is 90.3 Å². The van der Waals surface area contributed by atoms with Gasteiger partial charge in [-0.3, -0.25) is 14.9 Å². The van der Waals surface area contributed by atoms with Crippen molar-refractivity contribution in [2.24, 2.45) is 0 Å². The molecular formula is C24H14Br2Cl2N2O5. The van der Waals surface area contributed by atoms with Crippen molar-refractivity contribution in [2.75, 3.05) is 4.90 Å². The van der Waals surface area contributed by atoms with Crippen LogP contribution in [-0.2, 0) is 16.2 Å². The first kappa shape index (κ1) is 25.2. The van der Waals surface area contributed by atoms with Gasteiger partial charge in [-0.1, -0.05) is 45.2 Å². The summed E-state index contributed by atoms with van der Waals surface area (Å²) in [5.41, 5.74) is 0.986. The van der Waals surface area contributed by atoms with E-state index in [-0.39, 0.29) is 23.6 Å². The van der Waals surface area contributed by atoms with Gasteiger partial charge in [0.2, 0.25) is 0 Å². The lowest BCUT2D eigenvalue weighted by Gasteiger charge is -2.26. The highest BCUT2D eigenvalue weighted by atomic mass is 79.9. The average Bonchev–Trinajstić information content (AvgIpc) is 2.78. The van der Waals surface area contributed by atoms with Gasteiger partial charge in [-0.2, -0.15) is 0 Å². The number of hydrogen-bond donors (Lipinski definition) is 2. The Morgan fingerprint density at radius 2 is 1.71 bits per heavy atom. The Morgan fingerprint density at radius 1 is 1.00 bits per heavy atom. The Hall–Kier alpha value is -2.85. The zero-order chi connectivity index (χ0) is 25.3. The summed E-state index contributed by atoms with van der Waals surface area (Å²) < 4.78 is 7.21. The third-order valence-electron chi connectivity index (χ3n) is 4.93. The number of ether oxygens (including phenoxy) is 1. The average molecular weight is 641 g/mol. The number of rotatable bonds is 5. The van der Waals surface area contributed by atoms with Crippen LogP contribution in [-0.4, -0.2) is 23.0 Å². The zero-order valence-electron chi connectivity index (χ0n) is 17.5. The molecule has 0 bridgehead atoms. The molecule has 1 heterocycles. The summed E-state index contributed by atoms with van der Waals surface area (Å²) >= 11 is 19.0. The van der Waals surface area contributed by atoms with Crippen LogP contribution in [0, 0.1) is 0 Å². The molecule has 1 aliphatic heterocycles. The van der Waals surface area contributed by atoms with E-state index in [2.05, 4.69) is 37.2 Å². The maximum atomic E-state index is 13.2. The third-order valence-corrected chi connectivity index (χ3v) is 6.57. The van der Waals surface area contributed by atoms with Gasteiger partial charge in [0, 0.05) is 25.6 Å². The molecule has 0 radical (unpaired) electrons. The standard InChI is InChI=1S/C24H14Br2Cl2N2O5/c25-14-7-13(21(19(26)9-14)35-11-12-1-2-15(27)10-20(12)28)8-18-22(32)29-24(34)30(23(18)33)16-3-5-17(31)6-4-16/h1-10,31H,11H2,(H,29,32,34)/b18-8+. The van der Waals surface area contributed by atoms with Crippen LogP contribution in [0.2, 0.25) is 10.0 Å². The first-order valence-electron chi connectivity index (χ1n) is 9.90. The lowest BCUT2D eigenvalue weighted by atomic mass is 10.1. The van der Waals surface area contributed by atoms with Crippen LogP contribution >= 0.6 is 55.1 Å².